The summed E-state index contributed by atoms with van der Waals surface area (Å²) in [6.07, 6.45) is 1.83. The average Bonchev–Trinajstić information content (AvgIpc) is 3.61. The number of hydrogen-bond acceptors (Lipinski definition) is 3. The van der Waals surface area contributed by atoms with Crippen LogP contribution in [0.1, 0.15) is 45.0 Å². The van der Waals surface area contributed by atoms with Crippen molar-refractivity contribution in [2.75, 3.05) is 10.6 Å². The highest BCUT2D eigenvalue weighted by atomic mass is 79.9. The van der Waals surface area contributed by atoms with Crippen molar-refractivity contribution in [2.24, 2.45) is 0 Å². The highest BCUT2D eigenvalue weighted by molar-refractivity contribution is 9.10. The summed E-state index contributed by atoms with van der Waals surface area (Å²) in [5, 5.41) is 5.06. The van der Waals surface area contributed by atoms with Crippen molar-refractivity contribution in [2.45, 2.75) is 29.2 Å². The smallest absolute Gasteiger partial charge is 0.322 e. The number of rotatable bonds is 6. The van der Waals surface area contributed by atoms with Crippen LogP contribution in [-0.2, 0) is 0 Å². The van der Waals surface area contributed by atoms with Crippen LogP contribution in [0.3, 0.4) is 0 Å². The molecule has 10 heteroatoms. The van der Waals surface area contributed by atoms with Crippen molar-refractivity contribution in [3.05, 3.63) is 87.6 Å². The molecular formula is C24H17BrF4N2O2S. The van der Waals surface area contributed by atoms with Gasteiger partial charge >= 0.3 is 5.51 Å². The summed E-state index contributed by atoms with van der Waals surface area (Å²) in [7, 11) is 0. The number of nitrogens with one attached hydrogen (secondary N) is 2. The van der Waals surface area contributed by atoms with E-state index in [1.54, 1.807) is 6.07 Å². The van der Waals surface area contributed by atoms with Crippen LogP contribution in [0.15, 0.2) is 70.0 Å². The zero-order valence-electron chi connectivity index (χ0n) is 17.4. The number of carbonyl (C=O) groups is 2. The third-order valence-electron chi connectivity index (χ3n) is 5.09. The van der Waals surface area contributed by atoms with E-state index in [1.807, 2.05) is 0 Å². The fraction of sp³-hybridized carbons (Fsp3) is 0.167. The Labute approximate surface area is 205 Å². The van der Waals surface area contributed by atoms with Gasteiger partial charge in [-0.25, -0.2) is 4.39 Å². The van der Waals surface area contributed by atoms with Gasteiger partial charge in [-0.2, -0.15) is 13.2 Å². The predicted octanol–water partition coefficient (Wildman–Crippen LogP) is 7.58. The minimum atomic E-state index is -4.53. The Balaban J connectivity index is 1.56. The summed E-state index contributed by atoms with van der Waals surface area (Å²) < 4.78 is 53.7. The van der Waals surface area contributed by atoms with Crippen molar-refractivity contribution >= 4 is 50.9 Å². The molecule has 2 N–H and O–H groups in total. The molecular weight excluding hydrogens is 536 g/mol. The molecule has 1 saturated carbocycles. The number of alkyl halides is 3. The first kappa shape index (κ1) is 24.3. The maximum atomic E-state index is 13.9. The maximum Gasteiger partial charge on any atom is 0.446 e. The quantitative estimate of drug-likeness (QED) is 0.245. The van der Waals surface area contributed by atoms with Gasteiger partial charge in [0.05, 0.1) is 11.3 Å². The fourth-order valence-corrected chi connectivity index (χ4v) is 4.76. The molecule has 176 valence electrons. The van der Waals surface area contributed by atoms with Gasteiger partial charge in [0.2, 0.25) is 0 Å². The van der Waals surface area contributed by atoms with Gasteiger partial charge in [0.25, 0.3) is 11.8 Å². The summed E-state index contributed by atoms with van der Waals surface area (Å²) in [6, 6.07) is 14.5. The molecule has 0 saturated heterocycles. The maximum absolute atomic E-state index is 13.9. The van der Waals surface area contributed by atoms with Gasteiger partial charge in [0, 0.05) is 20.6 Å². The number of benzene rings is 3. The average molecular weight is 553 g/mol. The summed E-state index contributed by atoms with van der Waals surface area (Å²) >= 11 is 3.01. The Bertz CT molecular complexity index is 1260. The second kappa shape index (κ2) is 9.79. The molecule has 0 radical (unpaired) electrons. The number of hydrogen-bond donors (Lipinski definition) is 2. The Morgan fingerprint density at radius 1 is 0.941 bits per heavy atom. The third-order valence-corrected chi connectivity index (χ3v) is 6.49. The number of halogens is 5. The molecule has 0 unspecified atom stereocenters. The lowest BCUT2D eigenvalue weighted by Gasteiger charge is -2.16. The monoisotopic (exact) mass is 552 g/mol. The molecule has 0 spiro atoms. The fourth-order valence-electron chi connectivity index (χ4n) is 3.35. The molecule has 2 amide bonds. The summed E-state index contributed by atoms with van der Waals surface area (Å²) in [4.78, 5) is 25.1. The van der Waals surface area contributed by atoms with Crippen LogP contribution in [0.4, 0.5) is 28.9 Å². The summed E-state index contributed by atoms with van der Waals surface area (Å²) in [5.74, 6) is -1.82. The first-order valence-corrected chi connectivity index (χ1v) is 11.8. The highest BCUT2D eigenvalue weighted by Gasteiger charge is 2.33. The van der Waals surface area contributed by atoms with E-state index in [1.165, 1.54) is 48.5 Å². The lowest BCUT2D eigenvalue weighted by atomic mass is 10.1. The third kappa shape index (κ3) is 5.98. The topological polar surface area (TPSA) is 58.2 Å². The number of amides is 2. The van der Waals surface area contributed by atoms with Crippen LogP contribution in [0.5, 0.6) is 0 Å². The van der Waals surface area contributed by atoms with Gasteiger partial charge in [-0.1, -0.05) is 18.2 Å². The Morgan fingerprint density at radius 3 is 2.35 bits per heavy atom. The molecule has 0 aromatic heterocycles. The van der Waals surface area contributed by atoms with Gasteiger partial charge in [0.15, 0.2) is 0 Å². The van der Waals surface area contributed by atoms with E-state index >= 15 is 0 Å². The van der Waals surface area contributed by atoms with Crippen LogP contribution >= 0.6 is 27.7 Å². The minimum absolute atomic E-state index is 0.0116. The minimum Gasteiger partial charge on any atom is -0.322 e. The molecule has 0 atom stereocenters. The van der Waals surface area contributed by atoms with Crippen LogP contribution in [0, 0.1) is 5.82 Å². The van der Waals surface area contributed by atoms with Gasteiger partial charge in [-0.3, -0.25) is 9.59 Å². The summed E-state index contributed by atoms with van der Waals surface area (Å²) in [5.41, 5.74) is -3.56. The zero-order chi connectivity index (χ0) is 24.5. The normalized spacial score (nSPS) is 13.4. The van der Waals surface area contributed by atoms with Gasteiger partial charge in [-0.05, 0) is 94.5 Å². The van der Waals surface area contributed by atoms with E-state index in [0.29, 0.717) is 4.47 Å². The second-order valence-corrected chi connectivity index (χ2v) is 9.63. The van der Waals surface area contributed by atoms with Gasteiger partial charge in [0.1, 0.15) is 5.82 Å². The Kier molecular flexibility index (Phi) is 6.99. The molecule has 0 aliphatic heterocycles. The van der Waals surface area contributed by atoms with Crippen LogP contribution < -0.4 is 10.6 Å². The van der Waals surface area contributed by atoms with Crippen molar-refractivity contribution in [1.29, 1.82) is 0 Å². The number of thioether (sulfide) groups is 1. The molecule has 3 aromatic rings. The Morgan fingerprint density at radius 2 is 1.68 bits per heavy atom. The van der Waals surface area contributed by atoms with Crippen molar-refractivity contribution in [3.63, 3.8) is 0 Å². The second-order valence-electron chi connectivity index (χ2n) is 7.67. The van der Waals surface area contributed by atoms with Gasteiger partial charge in [-0.15, -0.1) is 0 Å². The van der Waals surface area contributed by atoms with E-state index in [4.69, 9.17) is 0 Å². The molecule has 1 aliphatic rings. The predicted molar refractivity (Wildman–Crippen MR) is 127 cm³/mol. The Hall–Kier alpha value is -2.85. The summed E-state index contributed by atoms with van der Waals surface area (Å²) in [6.45, 7) is 0. The standard InChI is InChI=1S/C24H17BrF4N2O2S/c25-18-11-15(13-8-9-13)12-20(34-24(27,28)29)21(18)31-22(32)14-4-3-5-16(10-14)30-23(33)17-6-1-2-7-19(17)26/h1-7,10-13H,8-9H2,(H,30,33)(H,31,32). The highest BCUT2D eigenvalue weighted by Crippen LogP contribution is 2.48. The molecule has 3 aromatic carbocycles. The molecule has 1 fully saturated rings. The van der Waals surface area contributed by atoms with E-state index < -0.39 is 23.1 Å². The zero-order valence-corrected chi connectivity index (χ0v) is 19.8. The van der Waals surface area contributed by atoms with E-state index in [9.17, 15) is 27.2 Å². The molecule has 0 bridgehead atoms. The molecule has 4 nitrogen and oxygen atoms in total. The van der Waals surface area contributed by atoms with E-state index in [0.717, 1.165) is 24.5 Å². The van der Waals surface area contributed by atoms with Crippen molar-refractivity contribution < 1.29 is 27.2 Å². The van der Waals surface area contributed by atoms with Crippen LogP contribution in [-0.4, -0.2) is 17.3 Å². The number of carbonyl (C=O) groups excluding carboxylic acids is 2. The molecule has 34 heavy (non-hydrogen) atoms. The first-order valence-electron chi connectivity index (χ1n) is 10.2. The van der Waals surface area contributed by atoms with Gasteiger partial charge < -0.3 is 10.6 Å². The van der Waals surface area contributed by atoms with E-state index in [-0.39, 0.29) is 45.1 Å². The number of anilines is 2. The van der Waals surface area contributed by atoms with Crippen molar-refractivity contribution in [1.82, 2.24) is 0 Å². The lowest BCUT2D eigenvalue weighted by Crippen LogP contribution is -2.16. The molecule has 1 aliphatic carbocycles. The SMILES string of the molecule is O=C(Nc1c(Br)cc(C2CC2)cc1SC(F)(F)F)c1cccc(NC(=O)c2ccccc2F)c1. The molecule has 4 rings (SSSR count). The largest absolute Gasteiger partial charge is 0.446 e. The van der Waals surface area contributed by atoms with E-state index in [2.05, 4.69) is 26.6 Å². The first-order chi connectivity index (χ1) is 16.1. The molecule has 0 heterocycles. The van der Waals surface area contributed by atoms with Crippen LogP contribution in [0.2, 0.25) is 0 Å². The van der Waals surface area contributed by atoms with Crippen LogP contribution in [0.25, 0.3) is 0 Å². The lowest BCUT2D eigenvalue weighted by molar-refractivity contribution is -0.0328. The van der Waals surface area contributed by atoms with Crippen molar-refractivity contribution in [3.8, 4) is 0 Å².